The van der Waals surface area contributed by atoms with Gasteiger partial charge in [-0.25, -0.2) is 0 Å². The van der Waals surface area contributed by atoms with Gasteiger partial charge >= 0.3 is 0 Å². The van der Waals surface area contributed by atoms with Crippen molar-refractivity contribution in [3.05, 3.63) is 35.9 Å². The van der Waals surface area contributed by atoms with Crippen LogP contribution in [0.25, 0.3) is 0 Å². The number of likely N-dealkylation sites (tertiary alicyclic amines) is 1. The zero-order chi connectivity index (χ0) is 16.8. The summed E-state index contributed by atoms with van der Waals surface area (Å²) in [5, 5.41) is 0. The van der Waals surface area contributed by atoms with Gasteiger partial charge in [-0.1, -0.05) is 37.3 Å². The van der Waals surface area contributed by atoms with E-state index in [2.05, 4.69) is 42.2 Å². The van der Waals surface area contributed by atoms with E-state index < -0.39 is 0 Å². The maximum atomic E-state index is 12.3. The van der Waals surface area contributed by atoms with Gasteiger partial charge in [-0.2, -0.15) is 0 Å². The molecular weight excluding hydrogens is 288 g/mol. The van der Waals surface area contributed by atoms with Crippen LogP contribution in [0.15, 0.2) is 30.3 Å². The molecule has 1 saturated heterocycles. The molecule has 1 heterocycles. The van der Waals surface area contributed by atoms with Crippen LogP contribution in [0.3, 0.4) is 0 Å². The normalized spacial score (nSPS) is 22.3. The molecule has 0 saturated carbocycles. The SMILES string of the molecule is CC(C)OCC(=O)N(C)[C@@H]1CCN(Cc2ccccc2)C[C@@H]1C. The lowest BCUT2D eigenvalue weighted by molar-refractivity contribution is -0.140. The van der Waals surface area contributed by atoms with Crippen LogP contribution in [0.5, 0.6) is 0 Å². The first-order valence-corrected chi connectivity index (χ1v) is 8.61. The minimum atomic E-state index is 0.0899. The number of carbonyl (C=O) groups is 1. The molecule has 0 bridgehead atoms. The van der Waals surface area contributed by atoms with Crippen molar-refractivity contribution in [2.45, 2.75) is 45.9 Å². The second-order valence-corrected chi connectivity index (χ2v) is 6.92. The minimum Gasteiger partial charge on any atom is -0.369 e. The second-order valence-electron chi connectivity index (χ2n) is 6.92. The Balaban J connectivity index is 1.84. The van der Waals surface area contributed by atoms with Gasteiger partial charge in [0.1, 0.15) is 6.61 Å². The second kappa shape index (κ2) is 8.46. The number of nitrogens with zero attached hydrogens (tertiary/aromatic N) is 2. The fourth-order valence-corrected chi connectivity index (χ4v) is 3.30. The molecule has 1 fully saturated rings. The Morgan fingerprint density at radius 1 is 1.35 bits per heavy atom. The molecule has 0 spiro atoms. The van der Waals surface area contributed by atoms with Crippen molar-refractivity contribution in [2.75, 3.05) is 26.7 Å². The highest BCUT2D eigenvalue weighted by molar-refractivity contribution is 5.77. The van der Waals surface area contributed by atoms with Gasteiger partial charge in [0.2, 0.25) is 5.91 Å². The van der Waals surface area contributed by atoms with Gasteiger partial charge in [0, 0.05) is 32.7 Å². The standard InChI is InChI=1S/C19H30N2O2/c1-15(2)23-14-19(22)20(4)18-10-11-21(12-16(18)3)13-17-8-6-5-7-9-17/h5-9,15-16,18H,10-14H2,1-4H3/t16-,18+/m0/s1. The molecule has 2 rings (SSSR count). The quantitative estimate of drug-likeness (QED) is 0.808. The summed E-state index contributed by atoms with van der Waals surface area (Å²) in [5.41, 5.74) is 1.35. The predicted molar refractivity (Wildman–Crippen MR) is 93.1 cm³/mol. The third-order valence-electron chi connectivity index (χ3n) is 4.62. The van der Waals surface area contributed by atoms with Crippen molar-refractivity contribution < 1.29 is 9.53 Å². The monoisotopic (exact) mass is 318 g/mol. The first kappa shape index (κ1) is 18.0. The highest BCUT2D eigenvalue weighted by Gasteiger charge is 2.31. The van der Waals surface area contributed by atoms with E-state index >= 15 is 0 Å². The third-order valence-corrected chi connectivity index (χ3v) is 4.62. The molecular formula is C19H30N2O2. The fraction of sp³-hybridized carbons (Fsp3) is 0.632. The van der Waals surface area contributed by atoms with E-state index in [1.54, 1.807) is 0 Å². The summed E-state index contributed by atoms with van der Waals surface area (Å²) in [6, 6.07) is 10.9. The van der Waals surface area contributed by atoms with Crippen molar-refractivity contribution >= 4 is 5.91 Å². The Morgan fingerprint density at radius 2 is 2.04 bits per heavy atom. The number of likely N-dealkylation sites (N-methyl/N-ethyl adjacent to an activating group) is 1. The first-order chi connectivity index (χ1) is 11.0. The average molecular weight is 318 g/mol. The van der Waals surface area contributed by atoms with Crippen molar-refractivity contribution in [1.29, 1.82) is 0 Å². The molecule has 1 aromatic rings. The van der Waals surface area contributed by atoms with E-state index in [0.717, 1.165) is 26.1 Å². The number of rotatable bonds is 6. The molecule has 128 valence electrons. The number of benzene rings is 1. The van der Waals surface area contributed by atoms with E-state index in [1.165, 1.54) is 5.56 Å². The topological polar surface area (TPSA) is 32.8 Å². The Hall–Kier alpha value is -1.39. The summed E-state index contributed by atoms with van der Waals surface area (Å²) >= 11 is 0. The zero-order valence-corrected chi connectivity index (χ0v) is 14.9. The van der Waals surface area contributed by atoms with E-state index in [9.17, 15) is 4.79 Å². The van der Waals surface area contributed by atoms with Gasteiger partial charge in [-0.15, -0.1) is 0 Å². The van der Waals surface area contributed by atoms with Gasteiger partial charge in [0.05, 0.1) is 6.10 Å². The lowest BCUT2D eigenvalue weighted by Crippen LogP contribution is -2.51. The summed E-state index contributed by atoms with van der Waals surface area (Å²) in [6.45, 7) is 9.40. The maximum absolute atomic E-state index is 12.3. The summed E-state index contributed by atoms with van der Waals surface area (Å²) in [7, 11) is 1.92. The molecule has 1 aliphatic rings. The largest absolute Gasteiger partial charge is 0.369 e. The van der Waals surface area contributed by atoms with Crippen molar-refractivity contribution in [3.8, 4) is 0 Å². The third kappa shape index (κ3) is 5.33. The van der Waals surface area contributed by atoms with Crippen LogP contribution in [-0.2, 0) is 16.1 Å². The van der Waals surface area contributed by atoms with Crippen LogP contribution in [0.2, 0.25) is 0 Å². The molecule has 0 aliphatic carbocycles. The summed E-state index contributed by atoms with van der Waals surface area (Å²) in [4.78, 5) is 16.6. The van der Waals surface area contributed by atoms with Crippen molar-refractivity contribution in [1.82, 2.24) is 9.80 Å². The number of piperidine rings is 1. The predicted octanol–water partition coefficient (Wildman–Crippen LogP) is 2.78. The van der Waals surface area contributed by atoms with Crippen LogP contribution >= 0.6 is 0 Å². The van der Waals surface area contributed by atoms with Gasteiger partial charge in [0.15, 0.2) is 0 Å². The molecule has 0 aromatic heterocycles. The summed E-state index contributed by atoms with van der Waals surface area (Å²) in [6.07, 6.45) is 1.12. The molecule has 4 heteroatoms. The number of amides is 1. The van der Waals surface area contributed by atoms with Crippen molar-refractivity contribution in [2.24, 2.45) is 5.92 Å². The van der Waals surface area contributed by atoms with Crippen LogP contribution in [0, 0.1) is 5.92 Å². The number of carbonyl (C=O) groups excluding carboxylic acids is 1. The van der Waals surface area contributed by atoms with Gasteiger partial charge in [-0.05, 0) is 31.7 Å². The number of ether oxygens (including phenoxy) is 1. The van der Waals surface area contributed by atoms with Crippen LogP contribution in [-0.4, -0.2) is 54.6 Å². The Morgan fingerprint density at radius 3 is 2.65 bits per heavy atom. The molecule has 4 nitrogen and oxygen atoms in total. The fourth-order valence-electron chi connectivity index (χ4n) is 3.30. The van der Waals surface area contributed by atoms with Gasteiger partial charge in [-0.3, -0.25) is 9.69 Å². The first-order valence-electron chi connectivity index (χ1n) is 8.61. The van der Waals surface area contributed by atoms with E-state index in [-0.39, 0.29) is 18.6 Å². The Labute approximate surface area is 140 Å². The molecule has 23 heavy (non-hydrogen) atoms. The molecule has 1 aromatic carbocycles. The van der Waals surface area contributed by atoms with E-state index in [4.69, 9.17) is 4.74 Å². The van der Waals surface area contributed by atoms with Gasteiger partial charge < -0.3 is 9.64 Å². The molecule has 0 radical (unpaired) electrons. The lowest BCUT2D eigenvalue weighted by Gasteiger charge is -2.41. The average Bonchev–Trinajstić information content (AvgIpc) is 2.53. The zero-order valence-electron chi connectivity index (χ0n) is 14.9. The van der Waals surface area contributed by atoms with Crippen LogP contribution in [0.4, 0.5) is 0 Å². The number of hydrogen-bond donors (Lipinski definition) is 0. The summed E-state index contributed by atoms with van der Waals surface area (Å²) < 4.78 is 5.45. The van der Waals surface area contributed by atoms with E-state index in [0.29, 0.717) is 12.0 Å². The lowest BCUT2D eigenvalue weighted by atomic mass is 9.92. The molecule has 1 aliphatic heterocycles. The Kier molecular flexibility index (Phi) is 6.60. The molecule has 2 atom stereocenters. The molecule has 1 amide bonds. The Bertz CT molecular complexity index is 489. The van der Waals surface area contributed by atoms with E-state index in [1.807, 2.05) is 25.8 Å². The highest BCUT2D eigenvalue weighted by Crippen LogP contribution is 2.23. The molecule has 0 N–H and O–H groups in total. The van der Waals surface area contributed by atoms with Crippen LogP contribution < -0.4 is 0 Å². The minimum absolute atomic E-state index is 0.0899. The van der Waals surface area contributed by atoms with Crippen molar-refractivity contribution in [3.63, 3.8) is 0 Å². The summed E-state index contributed by atoms with van der Waals surface area (Å²) in [5.74, 6) is 0.563. The van der Waals surface area contributed by atoms with Gasteiger partial charge in [0.25, 0.3) is 0 Å². The van der Waals surface area contributed by atoms with Crippen LogP contribution in [0.1, 0.15) is 32.8 Å². The number of hydrogen-bond acceptors (Lipinski definition) is 3. The maximum Gasteiger partial charge on any atom is 0.248 e. The molecule has 0 unspecified atom stereocenters. The smallest absolute Gasteiger partial charge is 0.248 e. The highest BCUT2D eigenvalue weighted by atomic mass is 16.5.